The molecule has 98 valence electrons. The van der Waals surface area contributed by atoms with Crippen molar-refractivity contribution in [1.82, 2.24) is 5.32 Å². The number of nitrogens with one attached hydrogen (secondary N) is 1. The molecule has 1 rings (SSSR count). The van der Waals surface area contributed by atoms with Crippen molar-refractivity contribution in [3.63, 3.8) is 0 Å². The van der Waals surface area contributed by atoms with Crippen molar-refractivity contribution >= 4 is 0 Å². The highest BCUT2D eigenvalue weighted by Crippen LogP contribution is 2.18. The first kappa shape index (κ1) is 14.7. The Kier molecular flexibility index (Phi) is 5.33. The summed E-state index contributed by atoms with van der Waals surface area (Å²) in [5, 5.41) is 22.0. The minimum atomic E-state index is -0.523. The minimum absolute atomic E-state index is 0.254. The SMILES string of the molecule is CCC(C)(C)CNCC(O)c1ccc(C#N)cc1. The van der Waals surface area contributed by atoms with Gasteiger partial charge in [0, 0.05) is 13.1 Å². The number of hydrogen-bond donors (Lipinski definition) is 2. The molecular formula is C15H22N2O. The number of benzene rings is 1. The van der Waals surface area contributed by atoms with Crippen LogP contribution < -0.4 is 5.32 Å². The van der Waals surface area contributed by atoms with Crippen LogP contribution in [0.4, 0.5) is 0 Å². The van der Waals surface area contributed by atoms with Crippen LogP contribution in [-0.4, -0.2) is 18.2 Å². The van der Waals surface area contributed by atoms with Crippen LogP contribution >= 0.6 is 0 Å². The van der Waals surface area contributed by atoms with E-state index >= 15 is 0 Å². The fraction of sp³-hybridized carbons (Fsp3) is 0.533. The Labute approximate surface area is 109 Å². The Morgan fingerprint density at radius 2 is 1.94 bits per heavy atom. The summed E-state index contributed by atoms with van der Waals surface area (Å²) in [5.74, 6) is 0. The predicted molar refractivity (Wildman–Crippen MR) is 73.1 cm³/mol. The van der Waals surface area contributed by atoms with Gasteiger partial charge in [-0.1, -0.05) is 32.9 Å². The summed E-state index contributed by atoms with van der Waals surface area (Å²) in [6.45, 7) is 7.99. The van der Waals surface area contributed by atoms with Crippen LogP contribution in [0.2, 0.25) is 0 Å². The molecule has 0 aromatic heterocycles. The van der Waals surface area contributed by atoms with Crippen molar-refractivity contribution in [3.05, 3.63) is 35.4 Å². The van der Waals surface area contributed by atoms with Crippen LogP contribution in [0.25, 0.3) is 0 Å². The average Bonchev–Trinajstić information content (AvgIpc) is 2.38. The molecule has 0 amide bonds. The van der Waals surface area contributed by atoms with E-state index in [1.54, 1.807) is 24.3 Å². The van der Waals surface area contributed by atoms with Crippen molar-refractivity contribution < 1.29 is 5.11 Å². The van der Waals surface area contributed by atoms with Gasteiger partial charge in [-0.15, -0.1) is 0 Å². The molecule has 0 aliphatic rings. The molecular weight excluding hydrogens is 224 g/mol. The van der Waals surface area contributed by atoms with Gasteiger partial charge in [0.15, 0.2) is 0 Å². The summed E-state index contributed by atoms with van der Waals surface area (Å²) in [4.78, 5) is 0. The maximum Gasteiger partial charge on any atom is 0.0991 e. The molecule has 1 aromatic rings. The Bertz CT molecular complexity index is 403. The van der Waals surface area contributed by atoms with Gasteiger partial charge in [0.1, 0.15) is 0 Å². The second kappa shape index (κ2) is 6.53. The first-order valence-electron chi connectivity index (χ1n) is 6.37. The van der Waals surface area contributed by atoms with E-state index in [1.807, 2.05) is 0 Å². The lowest BCUT2D eigenvalue weighted by atomic mass is 9.90. The summed E-state index contributed by atoms with van der Waals surface area (Å²) < 4.78 is 0. The van der Waals surface area contributed by atoms with Crippen molar-refractivity contribution in [2.75, 3.05) is 13.1 Å². The highest BCUT2D eigenvalue weighted by atomic mass is 16.3. The van der Waals surface area contributed by atoms with Crippen LogP contribution in [0.3, 0.4) is 0 Å². The molecule has 18 heavy (non-hydrogen) atoms. The van der Waals surface area contributed by atoms with E-state index in [-0.39, 0.29) is 5.41 Å². The van der Waals surface area contributed by atoms with Crippen LogP contribution in [-0.2, 0) is 0 Å². The third-order valence-corrected chi connectivity index (χ3v) is 3.32. The Balaban J connectivity index is 2.45. The number of aliphatic hydroxyl groups is 1. The summed E-state index contributed by atoms with van der Waals surface area (Å²) in [6.07, 6.45) is 0.581. The number of nitrogens with zero attached hydrogens (tertiary/aromatic N) is 1. The number of rotatable bonds is 6. The lowest BCUT2D eigenvalue weighted by Gasteiger charge is -2.24. The van der Waals surface area contributed by atoms with E-state index in [1.165, 1.54) is 0 Å². The van der Waals surface area contributed by atoms with E-state index in [0.717, 1.165) is 18.5 Å². The summed E-state index contributed by atoms with van der Waals surface area (Å²) >= 11 is 0. The molecule has 3 nitrogen and oxygen atoms in total. The molecule has 3 heteroatoms. The zero-order valence-corrected chi connectivity index (χ0v) is 11.4. The number of aliphatic hydroxyl groups excluding tert-OH is 1. The quantitative estimate of drug-likeness (QED) is 0.811. The number of nitriles is 1. The fourth-order valence-corrected chi connectivity index (χ4v) is 1.57. The predicted octanol–water partition coefficient (Wildman–Crippen LogP) is 2.62. The van der Waals surface area contributed by atoms with Crippen LogP contribution in [0.5, 0.6) is 0 Å². The first-order chi connectivity index (χ1) is 8.48. The normalized spacial score (nSPS) is 13.1. The van der Waals surface area contributed by atoms with Gasteiger partial charge < -0.3 is 10.4 Å². The smallest absolute Gasteiger partial charge is 0.0991 e. The summed E-state index contributed by atoms with van der Waals surface area (Å²) in [6, 6.07) is 9.13. The molecule has 1 atom stereocenters. The van der Waals surface area contributed by atoms with Gasteiger partial charge >= 0.3 is 0 Å². The molecule has 2 N–H and O–H groups in total. The zero-order chi connectivity index (χ0) is 13.6. The van der Waals surface area contributed by atoms with Crippen LogP contribution in [0.1, 0.15) is 44.4 Å². The van der Waals surface area contributed by atoms with Crippen LogP contribution in [0.15, 0.2) is 24.3 Å². The fourth-order valence-electron chi connectivity index (χ4n) is 1.57. The molecule has 0 saturated heterocycles. The Morgan fingerprint density at radius 1 is 1.33 bits per heavy atom. The zero-order valence-electron chi connectivity index (χ0n) is 11.4. The van der Waals surface area contributed by atoms with Crippen molar-refractivity contribution in [2.24, 2.45) is 5.41 Å². The van der Waals surface area contributed by atoms with Gasteiger partial charge in [-0.2, -0.15) is 5.26 Å². The number of hydrogen-bond acceptors (Lipinski definition) is 3. The lowest BCUT2D eigenvalue weighted by Crippen LogP contribution is -2.31. The maximum atomic E-state index is 10.0. The van der Waals surface area contributed by atoms with E-state index in [2.05, 4.69) is 32.2 Å². The molecule has 0 heterocycles. The molecule has 1 unspecified atom stereocenters. The van der Waals surface area contributed by atoms with E-state index in [0.29, 0.717) is 12.1 Å². The Morgan fingerprint density at radius 3 is 2.44 bits per heavy atom. The topological polar surface area (TPSA) is 56.0 Å². The first-order valence-corrected chi connectivity index (χ1v) is 6.37. The molecule has 1 aromatic carbocycles. The lowest BCUT2D eigenvalue weighted by molar-refractivity contribution is 0.168. The second-order valence-corrected chi connectivity index (χ2v) is 5.40. The van der Waals surface area contributed by atoms with Gasteiger partial charge in [-0.3, -0.25) is 0 Å². The van der Waals surface area contributed by atoms with Gasteiger partial charge in [0.2, 0.25) is 0 Å². The van der Waals surface area contributed by atoms with E-state index in [9.17, 15) is 5.11 Å². The third-order valence-electron chi connectivity index (χ3n) is 3.32. The molecule has 0 bridgehead atoms. The van der Waals surface area contributed by atoms with Gasteiger partial charge in [0.05, 0.1) is 17.7 Å². The van der Waals surface area contributed by atoms with Gasteiger partial charge in [-0.25, -0.2) is 0 Å². The van der Waals surface area contributed by atoms with Gasteiger partial charge in [0.25, 0.3) is 0 Å². The maximum absolute atomic E-state index is 10.0. The summed E-state index contributed by atoms with van der Waals surface area (Å²) in [7, 11) is 0. The molecule has 0 fully saturated rings. The summed E-state index contributed by atoms with van der Waals surface area (Å²) in [5.41, 5.74) is 1.71. The monoisotopic (exact) mass is 246 g/mol. The van der Waals surface area contributed by atoms with Crippen molar-refractivity contribution in [1.29, 1.82) is 5.26 Å². The standard InChI is InChI=1S/C15H22N2O/c1-4-15(2,3)11-17-10-14(18)13-7-5-12(9-16)6-8-13/h5-8,14,17-18H,4,10-11H2,1-3H3. The van der Waals surface area contributed by atoms with E-state index in [4.69, 9.17) is 5.26 Å². The molecule has 0 aliphatic heterocycles. The molecule has 0 spiro atoms. The highest BCUT2D eigenvalue weighted by molar-refractivity contribution is 5.32. The average molecular weight is 246 g/mol. The van der Waals surface area contributed by atoms with E-state index < -0.39 is 6.10 Å². The van der Waals surface area contributed by atoms with Crippen molar-refractivity contribution in [2.45, 2.75) is 33.3 Å². The Hall–Kier alpha value is -1.37. The molecule has 0 aliphatic carbocycles. The third kappa shape index (κ3) is 4.48. The van der Waals surface area contributed by atoms with Crippen LogP contribution in [0, 0.1) is 16.7 Å². The molecule has 0 radical (unpaired) electrons. The minimum Gasteiger partial charge on any atom is -0.387 e. The van der Waals surface area contributed by atoms with Crippen molar-refractivity contribution in [3.8, 4) is 6.07 Å². The van der Waals surface area contributed by atoms with Gasteiger partial charge in [-0.05, 0) is 29.5 Å². The second-order valence-electron chi connectivity index (χ2n) is 5.40. The largest absolute Gasteiger partial charge is 0.387 e. The highest BCUT2D eigenvalue weighted by Gasteiger charge is 2.15. The molecule has 0 saturated carbocycles.